The van der Waals surface area contributed by atoms with E-state index in [4.69, 9.17) is 11.6 Å². The van der Waals surface area contributed by atoms with Gasteiger partial charge in [0.2, 0.25) is 0 Å². The molecule has 42 heavy (non-hydrogen) atoms. The predicted octanol–water partition coefficient (Wildman–Crippen LogP) is 2.28. The lowest BCUT2D eigenvalue weighted by Crippen LogP contribution is -2.37. The molecule has 2 atom stereocenters. The molecule has 1 unspecified atom stereocenters. The maximum absolute atomic E-state index is 13.1. The smallest absolute Gasteiger partial charge is 0.382 e. The third-order valence-corrected chi connectivity index (χ3v) is 6.60. The molecule has 0 aliphatic carbocycles. The molecular formula is C25H22ClF3N10O3. The first-order chi connectivity index (χ1) is 20.0. The van der Waals surface area contributed by atoms with E-state index in [1.807, 2.05) is 0 Å². The van der Waals surface area contributed by atoms with E-state index in [9.17, 15) is 27.9 Å². The van der Waals surface area contributed by atoms with Gasteiger partial charge in [-0.05, 0) is 43.3 Å². The average Bonchev–Trinajstić information content (AvgIpc) is 3.72. The zero-order valence-corrected chi connectivity index (χ0v) is 22.6. The zero-order chi connectivity index (χ0) is 30.0. The van der Waals surface area contributed by atoms with Gasteiger partial charge in [0.1, 0.15) is 31.6 Å². The lowest BCUT2D eigenvalue weighted by atomic mass is 10.1. The van der Waals surface area contributed by atoms with E-state index < -0.39 is 30.6 Å². The van der Waals surface area contributed by atoms with Crippen molar-refractivity contribution in [3.63, 3.8) is 0 Å². The van der Waals surface area contributed by atoms with Crippen LogP contribution in [-0.2, 0) is 24.3 Å². The minimum atomic E-state index is -4.95. The van der Waals surface area contributed by atoms with Gasteiger partial charge in [-0.2, -0.15) is 18.3 Å². The van der Waals surface area contributed by atoms with Gasteiger partial charge < -0.3 is 5.11 Å². The van der Waals surface area contributed by atoms with Crippen LogP contribution < -0.4 is 5.69 Å². The monoisotopic (exact) mass is 602 g/mol. The second kappa shape index (κ2) is 11.7. The Morgan fingerprint density at radius 1 is 1.10 bits per heavy atom. The second-order valence-electron chi connectivity index (χ2n) is 9.21. The molecule has 5 aromatic rings. The molecule has 218 valence electrons. The van der Waals surface area contributed by atoms with E-state index in [-0.39, 0.29) is 30.4 Å². The van der Waals surface area contributed by atoms with Gasteiger partial charge in [-0.3, -0.25) is 14.3 Å². The van der Waals surface area contributed by atoms with E-state index >= 15 is 0 Å². The summed E-state index contributed by atoms with van der Waals surface area (Å²) >= 11 is 5.93. The number of hydrogen-bond acceptors (Lipinski definition) is 9. The molecule has 0 aliphatic heterocycles. The van der Waals surface area contributed by atoms with Gasteiger partial charge in [0.25, 0.3) is 0 Å². The number of carbonyl (C=O) groups excluding carboxylic acids is 1. The van der Waals surface area contributed by atoms with Crippen LogP contribution in [-0.4, -0.2) is 72.0 Å². The Balaban J connectivity index is 1.42. The Kier molecular flexibility index (Phi) is 8.00. The third kappa shape index (κ3) is 6.13. The minimum Gasteiger partial charge on any atom is -0.382 e. The number of benzene rings is 1. The molecule has 0 aliphatic rings. The summed E-state index contributed by atoms with van der Waals surface area (Å²) in [6.07, 6.45) is -2.12. The summed E-state index contributed by atoms with van der Waals surface area (Å²) in [4.78, 5) is 38.4. The number of aromatic nitrogens is 10. The Bertz CT molecular complexity index is 1750. The number of rotatable bonds is 10. The molecule has 0 spiro atoms. The maximum Gasteiger partial charge on any atom is 0.416 e. The molecule has 5 rings (SSSR count). The van der Waals surface area contributed by atoms with E-state index in [1.165, 1.54) is 58.8 Å². The van der Waals surface area contributed by atoms with Crippen LogP contribution in [0, 0.1) is 0 Å². The molecule has 13 nitrogen and oxygen atoms in total. The SMILES string of the molecule is CC(C(=O)Cc1ncccc1-n1cnc(Cn2nc(-c3ccc(Cl)cc3)n(C[C@H](O)C(F)(F)F)c2=O)n1)n1cncn1. The number of pyridine rings is 1. The fourth-order valence-corrected chi connectivity index (χ4v) is 4.20. The number of Topliss-reactive ketones (excluding diaryl/α,β-unsaturated/α-hetero) is 1. The average molecular weight is 603 g/mol. The number of aliphatic hydroxyl groups excluding tert-OH is 1. The Morgan fingerprint density at radius 2 is 1.86 bits per heavy atom. The van der Waals surface area contributed by atoms with E-state index in [1.54, 1.807) is 19.1 Å². The van der Waals surface area contributed by atoms with Crippen molar-refractivity contribution >= 4 is 17.4 Å². The maximum atomic E-state index is 13.1. The second-order valence-corrected chi connectivity index (χ2v) is 9.64. The van der Waals surface area contributed by atoms with E-state index in [0.717, 1.165) is 9.25 Å². The first-order valence-corrected chi connectivity index (χ1v) is 12.8. The summed E-state index contributed by atoms with van der Waals surface area (Å²) in [5, 5.41) is 22.6. The Labute approximate surface area is 239 Å². The number of ketones is 1. The molecule has 0 saturated carbocycles. The van der Waals surface area contributed by atoms with Crippen LogP contribution in [0.1, 0.15) is 24.5 Å². The predicted molar refractivity (Wildman–Crippen MR) is 141 cm³/mol. The van der Waals surface area contributed by atoms with Crippen LogP contribution in [0.4, 0.5) is 13.2 Å². The van der Waals surface area contributed by atoms with Gasteiger partial charge in [0.05, 0.1) is 24.3 Å². The molecular weight excluding hydrogens is 581 g/mol. The summed E-state index contributed by atoms with van der Waals surface area (Å²) in [5.41, 5.74) is 0.282. The summed E-state index contributed by atoms with van der Waals surface area (Å²) in [7, 11) is 0. The lowest BCUT2D eigenvalue weighted by Gasteiger charge is -2.15. The topological polar surface area (TPSA) is 151 Å². The highest BCUT2D eigenvalue weighted by molar-refractivity contribution is 6.30. The van der Waals surface area contributed by atoms with Crippen molar-refractivity contribution < 1.29 is 23.1 Å². The van der Waals surface area contributed by atoms with Crippen molar-refractivity contribution in [3.8, 4) is 17.1 Å². The molecule has 0 amide bonds. The van der Waals surface area contributed by atoms with Crippen molar-refractivity contribution in [1.29, 1.82) is 0 Å². The van der Waals surface area contributed by atoms with Gasteiger partial charge in [-0.25, -0.2) is 28.8 Å². The Hall–Kier alpha value is -4.70. The van der Waals surface area contributed by atoms with Gasteiger partial charge in [-0.15, -0.1) is 10.2 Å². The summed E-state index contributed by atoms with van der Waals surface area (Å²) in [6.45, 7) is 0.331. The first-order valence-electron chi connectivity index (χ1n) is 12.4. The molecule has 4 aromatic heterocycles. The van der Waals surface area contributed by atoms with Crippen molar-refractivity contribution in [2.75, 3.05) is 0 Å². The van der Waals surface area contributed by atoms with Crippen LogP contribution in [0.5, 0.6) is 0 Å². The third-order valence-electron chi connectivity index (χ3n) is 6.34. The van der Waals surface area contributed by atoms with Crippen LogP contribution in [0.15, 0.2) is 66.4 Å². The first kappa shape index (κ1) is 28.8. The minimum absolute atomic E-state index is 0.0394. The molecule has 0 fully saturated rings. The highest BCUT2D eigenvalue weighted by Crippen LogP contribution is 2.24. The number of aliphatic hydroxyl groups is 1. The Morgan fingerprint density at radius 3 is 2.55 bits per heavy atom. The molecule has 4 heterocycles. The number of hydrogen-bond donors (Lipinski definition) is 1. The summed E-state index contributed by atoms with van der Waals surface area (Å²) < 4.78 is 43.8. The van der Waals surface area contributed by atoms with Gasteiger partial charge >= 0.3 is 11.9 Å². The molecule has 17 heteroatoms. The summed E-state index contributed by atoms with van der Waals surface area (Å²) in [6, 6.07) is 8.74. The highest BCUT2D eigenvalue weighted by Gasteiger charge is 2.39. The number of halogens is 4. The van der Waals surface area contributed by atoms with Crippen molar-refractivity contribution in [2.45, 2.75) is 44.8 Å². The molecule has 0 radical (unpaired) electrons. The number of carbonyl (C=O) groups is 1. The quantitative estimate of drug-likeness (QED) is 0.254. The largest absolute Gasteiger partial charge is 0.416 e. The van der Waals surface area contributed by atoms with E-state index in [2.05, 4.69) is 30.2 Å². The van der Waals surface area contributed by atoms with Gasteiger partial charge in [0.15, 0.2) is 23.5 Å². The van der Waals surface area contributed by atoms with Gasteiger partial charge in [0, 0.05) is 16.8 Å². The van der Waals surface area contributed by atoms with Crippen molar-refractivity contribution in [1.82, 2.24) is 48.9 Å². The normalized spacial score (nSPS) is 13.3. The lowest BCUT2D eigenvalue weighted by molar-refractivity contribution is -0.207. The van der Waals surface area contributed by atoms with Crippen LogP contribution in [0.2, 0.25) is 5.02 Å². The fraction of sp³-hybridized carbons (Fsp3) is 0.280. The van der Waals surface area contributed by atoms with Crippen molar-refractivity contribution in [2.24, 2.45) is 0 Å². The van der Waals surface area contributed by atoms with Crippen LogP contribution in [0.3, 0.4) is 0 Å². The highest BCUT2D eigenvalue weighted by atomic mass is 35.5. The molecule has 1 aromatic carbocycles. The fourth-order valence-electron chi connectivity index (χ4n) is 4.07. The number of nitrogens with zero attached hydrogens (tertiary/aromatic N) is 10. The van der Waals surface area contributed by atoms with Crippen LogP contribution >= 0.6 is 11.6 Å². The number of alkyl halides is 3. The summed E-state index contributed by atoms with van der Waals surface area (Å²) in [5.74, 6) is -0.166. The zero-order valence-electron chi connectivity index (χ0n) is 21.8. The molecule has 1 N–H and O–H groups in total. The van der Waals surface area contributed by atoms with Crippen molar-refractivity contribution in [3.05, 3.63) is 88.6 Å². The van der Waals surface area contributed by atoms with E-state index in [0.29, 0.717) is 22.0 Å². The van der Waals surface area contributed by atoms with Gasteiger partial charge in [-0.1, -0.05) is 11.6 Å². The van der Waals surface area contributed by atoms with Crippen LogP contribution in [0.25, 0.3) is 17.1 Å². The standard InChI is InChI=1S/C25H22ClF3N10O3/c1-15(38-13-30-12-33-38)20(40)9-18-19(3-2-8-31-18)39-14-32-22(34-39)11-37-24(42)36(10-21(41)25(27,28)29)23(35-37)16-4-6-17(26)7-5-16/h2-8,12-15,21,41H,9-11H2,1H3/t15?,21-/m0/s1. The molecule has 0 bridgehead atoms. The molecule has 0 saturated heterocycles.